The molecule has 110 valence electrons. The molecule has 2 aliphatic rings. The summed E-state index contributed by atoms with van der Waals surface area (Å²) in [6.07, 6.45) is 12.7. The van der Waals surface area contributed by atoms with Crippen molar-refractivity contribution in [2.75, 3.05) is 6.61 Å². The molecule has 0 aromatic carbocycles. The number of amides is 1. The van der Waals surface area contributed by atoms with Gasteiger partial charge in [0, 0.05) is 18.6 Å². The molecule has 0 aliphatic heterocycles. The molecule has 0 radical (unpaired) electrons. The van der Waals surface area contributed by atoms with Gasteiger partial charge < -0.3 is 10.4 Å². The van der Waals surface area contributed by atoms with Crippen molar-refractivity contribution in [3.63, 3.8) is 0 Å². The number of carbonyl (C=O) groups excluding carboxylic acids is 1. The first-order valence-electron chi connectivity index (χ1n) is 8.21. The van der Waals surface area contributed by atoms with E-state index in [1.165, 1.54) is 38.5 Å². The number of carbonyl (C=O) groups is 1. The topological polar surface area (TPSA) is 49.3 Å². The van der Waals surface area contributed by atoms with Crippen molar-refractivity contribution >= 4 is 5.91 Å². The number of rotatable bonds is 4. The van der Waals surface area contributed by atoms with Gasteiger partial charge in [0.2, 0.25) is 5.91 Å². The van der Waals surface area contributed by atoms with E-state index in [0.29, 0.717) is 24.5 Å². The maximum atomic E-state index is 12.3. The zero-order valence-electron chi connectivity index (χ0n) is 12.1. The number of hydrogen-bond acceptors (Lipinski definition) is 2. The molecular formula is C16H29NO2. The van der Waals surface area contributed by atoms with E-state index in [1.54, 1.807) is 0 Å². The summed E-state index contributed by atoms with van der Waals surface area (Å²) in [5.41, 5.74) is 0. The zero-order chi connectivity index (χ0) is 13.5. The van der Waals surface area contributed by atoms with Gasteiger partial charge in [-0.25, -0.2) is 0 Å². The Kier molecular flexibility index (Phi) is 6.15. The van der Waals surface area contributed by atoms with Gasteiger partial charge in [0.15, 0.2) is 0 Å². The SMILES string of the molecule is O=C(NC1CCCCCC1)C1CCC(CCO)CC1. The highest BCUT2D eigenvalue weighted by molar-refractivity contribution is 5.79. The van der Waals surface area contributed by atoms with Gasteiger partial charge in [-0.05, 0) is 50.9 Å². The molecule has 3 heteroatoms. The van der Waals surface area contributed by atoms with Crippen LogP contribution in [0.1, 0.15) is 70.6 Å². The monoisotopic (exact) mass is 267 g/mol. The van der Waals surface area contributed by atoms with Crippen LogP contribution >= 0.6 is 0 Å². The Morgan fingerprint density at radius 2 is 1.58 bits per heavy atom. The van der Waals surface area contributed by atoms with Crippen LogP contribution in [0, 0.1) is 11.8 Å². The predicted octanol–water partition coefficient (Wildman–Crippen LogP) is 3.01. The molecule has 2 saturated carbocycles. The van der Waals surface area contributed by atoms with Gasteiger partial charge in [0.1, 0.15) is 0 Å². The van der Waals surface area contributed by atoms with E-state index in [0.717, 1.165) is 32.1 Å². The second-order valence-electron chi connectivity index (χ2n) is 6.43. The minimum atomic E-state index is 0.234. The van der Waals surface area contributed by atoms with Crippen molar-refractivity contribution in [3.05, 3.63) is 0 Å². The largest absolute Gasteiger partial charge is 0.396 e. The average Bonchev–Trinajstić information content (AvgIpc) is 2.68. The molecule has 2 aliphatic carbocycles. The van der Waals surface area contributed by atoms with Crippen LogP contribution in [0.4, 0.5) is 0 Å². The van der Waals surface area contributed by atoms with Gasteiger partial charge >= 0.3 is 0 Å². The average molecular weight is 267 g/mol. The summed E-state index contributed by atoms with van der Waals surface area (Å²) in [5.74, 6) is 1.18. The first-order valence-corrected chi connectivity index (χ1v) is 8.21. The van der Waals surface area contributed by atoms with Crippen LogP contribution in [0.25, 0.3) is 0 Å². The second kappa shape index (κ2) is 7.88. The highest BCUT2D eigenvalue weighted by Crippen LogP contribution is 2.31. The first kappa shape index (κ1) is 14.8. The molecule has 0 saturated heterocycles. The first-order chi connectivity index (χ1) is 9.29. The van der Waals surface area contributed by atoms with E-state index < -0.39 is 0 Å². The minimum absolute atomic E-state index is 0.234. The molecule has 3 nitrogen and oxygen atoms in total. The van der Waals surface area contributed by atoms with Gasteiger partial charge in [-0.2, -0.15) is 0 Å². The van der Waals surface area contributed by atoms with E-state index in [-0.39, 0.29) is 5.92 Å². The molecule has 2 N–H and O–H groups in total. The maximum Gasteiger partial charge on any atom is 0.223 e. The molecule has 19 heavy (non-hydrogen) atoms. The lowest BCUT2D eigenvalue weighted by atomic mass is 9.80. The lowest BCUT2D eigenvalue weighted by molar-refractivity contribution is -0.127. The molecule has 0 unspecified atom stereocenters. The van der Waals surface area contributed by atoms with Crippen LogP contribution in [-0.4, -0.2) is 23.7 Å². The van der Waals surface area contributed by atoms with Crippen LogP contribution in [0.3, 0.4) is 0 Å². The predicted molar refractivity (Wildman–Crippen MR) is 76.8 cm³/mol. The van der Waals surface area contributed by atoms with Crippen molar-refractivity contribution in [2.24, 2.45) is 11.8 Å². The van der Waals surface area contributed by atoms with Crippen LogP contribution in [0.15, 0.2) is 0 Å². The van der Waals surface area contributed by atoms with E-state index in [4.69, 9.17) is 5.11 Å². The molecule has 2 fully saturated rings. The molecule has 0 atom stereocenters. The Bertz CT molecular complexity index is 264. The second-order valence-corrected chi connectivity index (χ2v) is 6.43. The van der Waals surface area contributed by atoms with Crippen LogP contribution in [0.5, 0.6) is 0 Å². The molecule has 0 heterocycles. The van der Waals surface area contributed by atoms with Crippen molar-refractivity contribution in [1.29, 1.82) is 0 Å². The Morgan fingerprint density at radius 1 is 0.947 bits per heavy atom. The number of nitrogens with one attached hydrogen (secondary N) is 1. The van der Waals surface area contributed by atoms with E-state index in [1.807, 2.05) is 0 Å². The van der Waals surface area contributed by atoms with E-state index in [9.17, 15) is 4.79 Å². The third-order valence-corrected chi connectivity index (χ3v) is 4.96. The molecule has 0 aromatic heterocycles. The molecule has 1 amide bonds. The van der Waals surface area contributed by atoms with Crippen LogP contribution in [0.2, 0.25) is 0 Å². The summed E-state index contributed by atoms with van der Waals surface area (Å²) >= 11 is 0. The maximum absolute atomic E-state index is 12.3. The van der Waals surface area contributed by atoms with Gasteiger partial charge in [0.05, 0.1) is 0 Å². The summed E-state index contributed by atoms with van der Waals surface area (Å²) in [4.78, 5) is 12.3. The normalized spacial score (nSPS) is 29.7. The Balaban J connectivity index is 1.71. The highest BCUT2D eigenvalue weighted by Gasteiger charge is 2.27. The third-order valence-electron chi connectivity index (χ3n) is 4.96. The lowest BCUT2D eigenvalue weighted by Crippen LogP contribution is -2.39. The zero-order valence-corrected chi connectivity index (χ0v) is 12.1. The quantitative estimate of drug-likeness (QED) is 0.769. The summed E-state index contributed by atoms with van der Waals surface area (Å²) in [5, 5.41) is 12.2. The van der Waals surface area contributed by atoms with E-state index >= 15 is 0 Å². The fourth-order valence-electron chi connectivity index (χ4n) is 3.64. The lowest BCUT2D eigenvalue weighted by Gasteiger charge is -2.28. The number of aliphatic hydroxyl groups is 1. The minimum Gasteiger partial charge on any atom is -0.396 e. The van der Waals surface area contributed by atoms with Crippen molar-refractivity contribution in [2.45, 2.75) is 76.7 Å². The molecule has 0 aromatic rings. The van der Waals surface area contributed by atoms with Crippen molar-refractivity contribution in [3.8, 4) is 0 Å². The highest BCUT2D eigenvalue weighted by atomic mass is 16.3. The fourth-order valence-corrected chi connectivity index (χ4v) is 3.64. The molecular weight excluding hydrogens is 238 g/mol. The standard InChI is InChI=1S/C16H29NO2/c18-12-11-13-7-9-14(10-8-13)16(19)17-15-5-3-1-2-4-6-15/h13-15,18H,1-12H2,(H,17,19). The summed E-state index contributed by atoms with van der Waals surface area (Å²) < 4.78 is 0. The molecule has 0 bridgehead atoms. The molecule has 0 spiro atoms. The fraction of sp³-hybridized carbons (Fsp3) is 0.938. The Hall–Kier alpha value is -0.570. The summed E-state index contributed by atoms with van der Waals surface area (Å²) in [6.45, 7) is 0.295. The number of hydrogen-bond donors (Lipinski definition) is 2. The van der Waals surface area contributed by atoms with Gasteiger partial charge in [-0.15, -0.1) is 0 Å². The van der Waals surface area contributed by atoms with Crippen molar-refractivity contribution < 1.29 is 9.90 Å². The smallest absolute Gasteiger partial charge is 0.223 e. The number of aliphatic hydroxyl groups excluding tert-OH is 1. The van der Waals surface area contributed by atoms with Crippen LogP contribution < -0.4 is 5.32 Å². The molecule has 2 rings (SSSR count). The van der Waals surface area contributed by atoms with Gasteiger partial charge in [0.25, 0.3) is 0 Å². The van der Waals surface area contributed by atoms with Crippen molar-refractivity contribution in [1.82, 2.24) is 5.32 Å². The summed E-state index contributed by atoms with van der Waals surface area (Å²) in [6, 6.07) is 0.435. The van der Waals surface area contributed by atoms with Gasteiger partial charge in [-0.1, -0.05) is 25.7 Å². The summed E-state index contributed by atoms with van der Waals surface area (Å²) in [7, 11) is 0. The third kappa shape index (κ3) is 4.79. The van der Waals surface area contributed by atoms with Crippen LogP contribution in [-0.2, 0) is 4.79 Å². The van der Waals surface area contributed by atoms with Gasteiger partial charge in [-0.3, -0.25) is 4.79 Å². The Labute approximate surface area is 117 Å². The Morgan fingerprint density at radius 3 is 2.16 bits per heavy atom. The van der Waals surface area contributed by atoms with E-state index in [2.05, 4.69) is 5.32 Å².